The third-order valence-corrected chi connectivity index (χ3v) is 4.50. The fourth-order valence-electron chi connectivity index (χ4n) is 1.87. The van der Waals surface area contributed by atoms with Crippen LogP contribution in [0.3, 0.4) is 0 Å². The van der Waals surface area contributed by atoms with Crippen LogP contribution in [0.1, 0.15) is 13.8 Å². The summed E-state index contributed by atoms with van der Waals surface area (Å²) in [6.07, 6.45) is 5.30. The minimum atomic E-state index is -0.363. The highest BCUT2D eigenvalue weighted by Gasteiger charge is 2.18. The molecule has 0 bridgehead atoms. The summed E-state index contributed by atoms with van der Waals surface area (Å²) in [6.45, 7) is 5.07. The van der Waals surface area contributed by atoms with Crippen LogP contribution in [0.15, 0.2) is 30.6 Å². The summed E-state index contributed by atoms with van der Waals surface area (Å²) >= 11 is 1.77. The lowest BCUT2D eigenvalue weighted by Gasteiger charge is -2.23. The van der Waals surface area contributed by atoms with Gasteiger partial charge in [0.1, 0.15) is 0 Å². The highest BCUT2D eigenvalue weighted by molar-refractivity contribution is 7.99. The monoisotopic (exact) mass is 291 g/mol. The lowest BCUT2D eigenvalue weighted by atomic mass is 10.1. The van der Waals surface area contributed by atoms with Gasteiger partial charge in [0.05, 0.1) is 10.3 Å². The molecule has 0 aliphatic carbocycles. The number of nitrogens with zero attached hydrogens (tertiary/aromatic N) is 2. The summed E-state index contributed by atoms with van der Waals surface area (Å²) in [7, 11) is 0. The Bertz CT molecular complexity index is 643. The first kappa shape index (κ1) is 14.6. The van der Waals surface area contributed by atoms with Gasteiger partial charge in [0, 0.05) is 40.8 Å². The third kappa shape index (κ3) is 3.01. The Morgan fingerprint density at radius 1 is 1.35 bits per heavy atom. The van der Waals surface area contributed by atoms with E-state index < -0.39 is 0 Å². The van der Waals surface area contributed by atoms with Crippen LogP contribution in [0, 0.1) is 10.1 Å². The first-order valence-corrected chi connectivity index (χ1v) is 7.47. The average Bonchev–Trinajstić information content (AvgIpc) is 2.44. The zero-order chi connectivity index (χ0) is 14.8. The van der Waals surface area contributed by atoms with Crippen molar-refractivity contribution in [2.75, 3.05) is 18.1 Å². The van der Waals surface area contributed by atoms with Gasteiger partial charge in [-0.05, 0) is 32.2 Å². The number of hydrogen-bond donors (Lipinski definition) is 1. The highest BCUT2D eigenvalue weighted by Crippen LogP contribution is 2.31. The molecule has 1 aromatic heterocycles. The van der Waals surface area contributed by atoms with E-state index in [-0.39, 0.29) is 15.4 Å². The van der Waals surface area contributed by atoms with E-state index in [4.69, 9.17) is 0 Å². The molecule has 0 amide bonds. The number of thioether (sulfide) groups is 1. The fourth-order valence-corrected chi connectivity index (χ4v) is 2.08. The van der Waals surface area contributed by atoms with E-state index in [1.54, 1.807) is 36.3 Å². The number of anilines is 1. The zero-order valence-electron chi connectivity index (χ0n) is 11.7. The number of nitro groups is 1. The molecule has 1 N–H and O–H groups in total. The predicted octanol–water partition coefficient (Wildman–Crippen LogP) is 3.70. The quantitative estimate of drug-likeness (QED) is 0.672. The molecule has 1 aromatic carbocycles. The van der Waals surface area contributed by atoms with Crippen LogP contribution >= 0.6 is 11.8 Å². The van der Waals surface area contributed by atoms with Crippen molar-refractivity contribution in [1.82, 2.24) is 4.98 Å². The lowest BCUT2D eigenvalue weighted by Crippen LogP contribution is -2.25. The van der Waals surface area contributed by atoms with Crippen LogP contribution in [-0.2, 0) is 0 Å². The Hall–Kier alpha value is -1.82. The Balaban J connectivity index is 2.41. The standard InChI is InChI=1S/C14H17N3O2S/c1-14(2,20-3)9-16-12-4-5-13(17(18)19)10-6-7-15-8-11(10)12/h4-8,16H,9H2,1-3H3. The van der Waals surface area contributed by atoms with E-state index in [0.717, 1.165) is 17.6 Å². The van der Waals surface area contributed by atoms with Crippen molar-refractivity contribution in [2.45, 2.75) is 18.6 Å². The Morgan fingerprint density at radius 3 is 2.75 bits per heavy atom. The number of pyridine rings is 1. The van der Waals surface area contributed by atoms with Crippen molar-refractivity contribution < 1.29 is 4.92 Å². The van der Waals surface area contributed by atoms with Gasteiger partial charge in [-0.15, -0.1) is 0 Å². The maximum atomic E-state index is 11.1. The number of benzene rings is 1. The van der Waals surface area contributed by atoms with Crippen LogP contribution in [0.2, 0.25) is 0 Å². The summed E-state index contributed by atoms with van der Waals surface area (Å²) in [5, 5.41) is 15.8. The topological polar surface area (TPSA) is 68.1 Å². The van der Waals surface area contributed by atoms with Crippen LogP contribution in [0.25, 0.3) is 10.8 Å². The van der Waals surface area contributed by atoms with Gasteiger partial charge in [0.25, 0.3) is 5.69 Å². The molecule has 0 unspecified atom stereocenters. The molecule has 0 fully saturated rings. The van der Waals surface area contributed by atoms with Gasteiger partial charge in [0.15, 0.2) is 0 Å². The van der Waals surface area contributed by atoms with E-state index in [1.165, 1.54) is 6.07 Å². The maximum Gasteiger partial charge on any atom is 0.277 e. The molecule has 6 heteroatoms. The summed E-state index contributed by atoms with van der Waals surface area (Å²) in [5.74, 6) is 0. The van der Waals surface area contributed by atoms with E-state index in [2.05, 4.69) is 30.4 Å². The summed E-state index contributed by atoms with van der Waals surface area (Å²) < 4.78 is 0.0936. The Morgan fingerprint density at radius 2 is 2.10 bits per heavy atom. The number of non-ortho nitro benzene ring substituents is 1. The van der Waals surface area contributed by atoms with Gasteiger partial charge in [-0.1, -0.05) is 0 Å². The van der Waals surface area contributed by atoms with Gasteiger partial charge in [-0.3, -0.25) is 15.1 Å². The molecule has 1 heterocycles. The number of aromatic nitrogens is 1. The largest absolute Gasteiger partial charge is 0.383 e. The molecular weight excluding hydrogens is 274 g/mol. The van der Waals surface area contributed by atoms with Gasteiger partial charge in [-0.2, -0.15) is 11.8 Å². The van der Waals surface area contributed by atoms with Gasteiger partial charge >= 0.3 is 0 Å². The van der Waals surface area contributed by atoms with E-state index in [0.29, 0.717) is 5.39 Å². The molecule has 2 aromatic rings. The summed E-state index contributed by atoms with van der Waals surface area (Å²) in [6, 6.07) is 4.97. The second kappa shape index (κ2) is 5.66. The first-order valence-electron chi connectivity index (χ1n) is 6.25. The molecule has 5 nitrogen and oxygen atoms in total. The smallest absolute Gasteiger partial charge is 0.277 e. The normalized spacial score (nSPS) is 11.6. The molecule has 0 saturated heterocycles. The molecule has 0 saturated carbocycles. The molecule has 0 spiro atoms. The molecule has 0 aliphatic heterocycles. The third-order valence-electron chi connectivity index (χ3n) is 3.25. The van der Waals surface area contributed by atoms with Gasteiger partial charge < -0.3 is 5.32 Å². The van der Waals surface area contributed by atoms with Gasteiger partial charge in [-0.25, -0.2) is 0 Å². The maximum absolute atomic E-state index is 11.1. The minimum absolute atomic E-state index is 0.0936. The summed E-state index contributed by atoms with van der Waals surface area (Å²) in [5.41, 5.74) is 0.984. The second-order valence-corrected chi connectivity index (χ2v) is 6.64. The number of nitro benzene ring substituents is 1. The molecule has 106 valence electrons. The number of rotatable bonds is 5. The minimum Gasteiger partial charge on any atom is -0.383 e. The summed E-state index contributed by atoms with van der Waals surface area (Å²) in [4.78, 5) is 14.8. The van der Waals surface area contributed by atoms with Crippen molar-refractivity contribution in [1.29, 1.82) is 0 Å². The average molecular weight is 291 g/mol. The molecular formula is C14H17N3O2S. The number of hydrogen-bond acceptors (Lipinski definition) is 5. The highest BCUT2D eigenvalue weighted by atomic mass is 32.2. The van der Waals surface area contributed by atoms with Crippen molar-refractivity contribution >= 4 is 33.9 Å². The van der Waals surface area contributed by atoms with Crippen molar-refractivity contribution in [3.8, 4) is 0 Å². The van der Waals surface area contributed by atoms with Crippen molar-refractivity contribution in [3.05, 3.63) is 40.7 Å². The second-order valence-electron chi connectivity index (χ2n) is 5.13. The molecule has 20 heavy (non-hydrogen) atoms. The first-order chi connectivity index (χ1) is 9.44. The fraction of sp³-hybridized carbons (Fsp3) is 0.357. The van der Waals surface area contributed by atoms with Crippen molar-refractivity contribution in [3.63, 3.8) is 0 Å². The Labute approximate surface area is 121 Å². The van der Waals surface area contributed by atoms with E-state index >= 15 is 0 Å². The molecule has 0 radical (unpaired) electrons. The number of nitrogens with one attached hydrogen (secondary N) is 1. The Kier molecular flexibility index (Phi) is 4.13. The molecule has 0 aliphatic rings. The van der Waals surface area contributed by atoms with Crippen LogP contribution < -0.4 is 5.32 Å². The molecule has 2 rings (SSSR count). The van der Waals surface area contributed by atoms with Crippen LogP contribution in [0.4, 0.5) is 11.4 Å². The van der Waals surface area contributed by atoms with Gasteiger partial charge in [0.2, 0.25) is 0 Å². The SMILES string of the molecule is CSC(C)(C)CNc1ccc([N+](=O)[O-])c2ccncc12. The van der Waals surface area contributed by atoms with Crippen molar-refractivity contribution in [2.24, 2.45) is 0 Å². The molecule has 0 atom stereocenters. The van der Waals surface area contributed by atoms with E-state index in [1.807, 2.05) is 0 Å². The van der Waals surface area contributed by atoms with Crippen LogP contribution in [0.5, 0.6) is 0 Å². The lowest BCUT2D eigenvalue weighted by molar-refractivity contribution is -0.383. The zero-order valence-corrected chi connectivity index (χ0v) is 12.5. The predicted molar refractivity (Wildman–Crippen MR) is 84.5 cm³/mol. The van der Waals surface area contributed by atoms with Crippen LogP contribution in [-0.4, -0.2) is 27.5 Å². The van der Waals surface area contributed by atoms with E-state index in [9.17, 15) is 10.1 Å². The number of fused-ring (bicyclic) bond motifs is 1.